The molecule has 0 aliphatic heterocycles. The van der Waals surface area contributed by atoms with Crippen LogP contribution in [0, 0.1) is 0 Å². The summed E-state index contributed by atoms with van der Waals surface area (Å²) in [5.74, 6) is -0.304. The molecule has 1 amide bonds. The Hall–Kier alpha value is -0.510. The summed E-state index contributed by atoms with van der Waals surface area (Å²) in [7, 11) is -2.16. The van der Waals surface area contributed by atoms with Gasteiger partial charge in [-0.15, -0.1) is 0 Å². The van der Waals surface area contributed by atoms with Gasteiger partial charge in [0.05, 0.1) is 12.6 Å². The Bertz CT molecular complexity index is 160. The molecular formula is C5H12N2O3P+. The zero-order valence-corrected chi connectivity index (χ0v) is 7.17. The molecule has 1 unspecified atom stereocenters. The second-order valence-electron chi connectivity index (χ2n) is 2.16. The molecule has 0 saturated carbocycles. The van der Waals surface area contributed by atoms with Crippen LogP contribution >= 0.6 is 8.03 Å². The predicted octanol–water partition coefficient (Wildman–Crippen LogP) is -0.816. The number of rotatable bonds is 4. The normalized spacial score (nSPS) is 13.9. The molecule has 64 valence electrons. The van der Waals surface area contributed by atoms with Crippen molar-refractivity contribution >= 4 is 13.9 Å². The lowest BCUT2D eigenvalue weighted by Crippen LogP contribution is -2.39. The molecule has 2 atom stereocenters. The lowest BCUT2D eigenvalue weighted by Gasteiger charge is -2.03. The van der Waals surface area contributed by atoms with Gasteiger partial charge in [0.15, 0.2) is 6.16 Å². The van der Waals surface area contributed by atoms with Gasteiger partial charge in [0, 0.05) is 0 Å². The van der Waals surface area contributed by atoms with Crippen LogP contribution in [0.1, 0.15) is 6.92 Å². The molecule has 0 aliphatic carbocycles. The molecule has 0 heterocycles. The third-order valence-corrected chi connectivity index (χ3v) is 1.62. The zero-order valence-electron chi connectivity index (χ0n) is 6.28. The van der Waals surface area contributed by atoms with E-state index in [2.05, 4.69) is 5.32 Å². The van der Waals surface area contributed by atoms with E-state index in [1.54, 1.807) is 6.92 Å². The van der Waals surface area contributed by atoms with Gasteiger partial charge in [-0.1, -0.05) is 0 Å². The number of nitrogens with two attached hydrogens (primary N) is 1. The van der Waals surface area contributed by atoms with Crippen LogP contribution in [0.4, 0.5) is 0 Å². The minimum Gasteiger partial charge on any atom is -0.350 e. The van der Waals surface area contributed by atoms with E-state index >= 15 is 0 Å². The van der Waals surface area contributed by atoms with Gasteiger partial charge in [-0.05, 0) is 11.5 Å². The Labute approximate surface area is 65.8 Å². The SMILES string of the molecule is C[C@H](N)C(=O)NCC[P+](=O)O. The highest BCUT2D eigenvalue weighted by atomic mass is 31.1. The van der Waals surface area contributed by atoms with Crippen LogP contribution < -0.4 is 11.1 Å². The summed E-state index contributed by atoms with van der Waals surface area (Å²) in [4.78, 5) is 19.0. The largest absolute Gasteiger partial charge is 0.507 e. The number of carbonyl (C=O) groups is 1. The lowest BCUT2D eigenvalue weighted by atomic mass is 10.3. The van der Waals surface area contributed by atoms with Crippen LogP contribution in [-0.4, -0.2) is 29.5 Å². The second-order valence-corrected chi connectivity index (χ2v) is 3.31. The van der Waals surface area contributed by atoms with Crippen molar-refractivity contribution in [3.05, 3.63) is 0 Å². The molecule has 0 radical (unpaired) electrons. The Kier molecular flexibility index (Phi) is 4.94. The number of carbonyl (C=O) groups excluding carboxylic acids is 1. The molecule has 4 N–H and O–H groups in total. The summed E-state index contributed by atoms with van der Waals surface area (Å²) in [5, 5.41) is 2.41. The van der Waals surface area contributed by atoms with Crippen molar-refractivity contribution in [2.75, 3.05) is 12.7 Å². The molecule has 0 spiro atoms. The fraction of sp³-hybridized carbons (Fsp3) is 0.800. The molecule has 0 aliphatic rings. The first-order valence-electron chi connectivity index (χ1n) is 3.21. The fourth-order valence-corrected chi connectivity index (χ4v) is 0.739. The van der Waals surface area contributed by atoms with Crippen molar-refractivity contribution in [2.45, 2.75) is 13.0 Å². The highest BCUT2D eigenvalue weighted by Gasteiger charge is 2.11. The van der Waals surface area contributed by atoms with Crippen LogP contribution in [0.3, 0.4) is 0 Å². The molecule has 0 aromatic heterocycles. The van der Waals surface area contributed by atoms with Crippen LogP contribution in [-0.2, 0) is 9.36 Å². The van der Waals surface area contributed by atoms with Gasteiger partial charge in [0.1, 0.15) is 0 Å². The molecule has 0 bridgehead atoms. The molecule has 0 aromatic rings. The van der Waals surface area contributed by atoms with E-state index < -0.39 is 14.1 Å². The average molecular weight is 179 g/mol. The van der Waals surface area contributed by atoms with Crippen molar-refractivity contribution in [1.29, 1.82) is 0 Å². The monoisotopic (exact) mass is 179 g/mol. The minimum absolute atomic E-state index is 0.0772. The first kappa shape index (κ1) is 10.5. The molecule has 11 heavy (non-hydrogen) atoms. The number of hydrogen-bond donors (Lipinski definition) is 3. The zero-order chi connectivity index (χ0) is 8.85. The maximum atomic E-state index is 10.7. The van der Waals surface area contributed by atoms with Gasteiger partial charge in [0.2, 0.25) is 5.91 Å². The second kappa shape index (κ2) is 5.18. The summed E-state index contributed by atoms with van der Waals surface area (Å²) in [5.41, 5.74) is 5.21. The molecule has 0 fully saturated rings. The van der Waals surface area contributed by atoms with E-state index in [4.69, 9.17) is 10.6 Å². The fourth-order valence-electron chi connectivity index (χ4n) is 0.436. The van der Waals surface area contributed by atoms with Crippen LogP contribution in [0.2, 0.25) is 0 Å². The van der Waals surface area contributed by atoms with Crippen molar-refractivity contribution in [3.63, 3.8) is 0 Å². The van der Waals surface area contributed by atoms with E-state index in [1.165, 1.54) is 0 Å². The summed E-state index contributed by atoms with van der Waals surface area (Å²) < 4.78 is 10.1. The Morgan fingerprint density at radius 2 is 2.36 bits per heavy atom. The summed E-state index contributed by atoms with van der Waals surface area (Å²) in [6.45, 7) is 1.75. The van der Waals surface area contributed by atoms with Gasteiger partial charge in [-0.3, -0.25) is 4.79 Å². The summed E-state index contributed by atoms with van der Waals surface area (Å²) in [6.07, 6.45) is 0.0772. The van der Waals surface area contributed by atoms with Crippen molar-refractivity contribution in [2.24, 2.45) is 5.73 Å². The summed E-state index contributed by atoms with van der Waals surface area (Å²) in [6, 6.07) is -0.563. The first-order chi connectivity index (χ1) is 5.04. The maximum absolute atomic E-state index is 10.7. The molecular weight excluding hydrogens is 167 g/mol. The topological polar surface area (TPSA) is 92.4 Å². The smallest absolute Gasteiger partial charge is 0.350 e. The molecule has 0 rings (SSSR count). The molecule has 0 aromatic carbocycles. The molecule has 6 heteroatoms. The van der Waals surface area contributed by atoms with E-state index in [1.807, 2.05) is 0 Å². The molecule has 5 nitrogen and oxygen atoms in total. The average Bonchev–Trinajstić information content (AvgIpc) is 1.86. The lowest BCUT2D eigenvalue weighted by molar-refractivity contribution is -0.121. The van der Waals surface area contributed by atoms with Crippen LogP contribution in [0.25, 0.3) is 0 Å². The third-order valence-electron chi connectivity index (χ3n) is 1.02. The number of hydrogen-bond acceptors (Lipinski definition) is 3. The number of nitrogens with one attached hydrogen (secondary N) is 1. The van der Waals surface area contributed by atoms with Crippen LogP contribution in [0.5, 0.6) is 0 Å². The number of amides is 1. The van der Waals surface area contributed by atoms with E-state index in [9.17, 15) is 9.36 Å². The van der Waals surface area contributed by atoms with Gasteiger partial charge < -0.3 is 11.1 Å². The Balaban J connectivity index is 3.39. The minimum atomic E-state index is -2.16. The van der Waals surface area contributed by atoms with E-state index in [0.717, 1.165) is 0 Å². The quantitative estimate of drug-likeness (QED) is 0.492. The first-order valence-corrected chi connectivity index (χ1v) is 4.60. The van der Waals surface area contributed by atoms with Crippen molar-refractivity contribution in [3.8, 4) is 0 Å². The maximum Gasteiger partial charge on any atom is 0.507 e. The van der Waals surface area contributed by atoms with Crippen molar-refractivity contribution in [1.82, 2.24) is 5.32 Å². The summed E-state index contributed by atoms with van der Waals surface area (Å²) >= 11 is 0. The highest BCUT2D eigenvalue weighted by molar-refractivity contribution is 7.38. The Morgan fingerprint density at radius 3 is 2.73 bits per heavy atom. The predicted molar refractivity (Wildman–Crippen MR) is 41.4 cm³/mol. The van der Waals surface area contributed by atoms with Crippen molar-refractivity contribution < 1.29 is 14.3 Å². The Morgan fingerprint density at radius 1 is 1.82 bits per heavy atom. The standard InChI is InChI=1S/C5H11N2O3P/c1-4(6)5(8)7-2-3-11(9)10/h4H,2-3,6H2,1H3,(H-,7,8,9,10)/p+1/t4-/m0/s1. The van der Waals surface area contributed by atoms with Gasteiger partial charge in [-0.2, -0.15) is 4.89 Å². The molecule has 0 saturated heterocycles. The van der Waals surface area contributed by atoms with E-state index in [-0.39, 0.29) is 18.6 Å². The van der Waals surface area contributed by atoms with E-state index in [0.29, 0.717) is 0 Å². The van der Waals surface area contributed by atoms with Gasteiger partial charge in [-0.25, -0.2) is 0 Å². The highest BCUT2D eigenvalue weighted by Crippen LogP contribution is 2.09. The third kappa shape index (κ3) is 5.91. The van der Waals surface area contributed by atoms with Gasteiger partial charge >= 0.3 is 8.03 Å². The van der Waals surface area contributed by atoms with Gasteiger partial charge in [0.25, 0.3) is 0 Å². The van der Waals surface area contributed by atoms with Crippen LogP contribution in [0.15, 0.2) is 0 Å².